The Balaban J connectivity index is 1.82. The van der Waals surface area contributed by atoms with Crippen LogP contribution in [0, 0.1) is 11.3 Å². The van der Waals surface area contributed by atoms with Crippen LogP contribution in [-0.2, 0) is 6.54 Å². The maximum absolute atomic E-state index is 11.5. The van der Waals surface area contributed by atoms with E-state index < -0.39 is 0 Å². The van der Waals surface area contributed by atoms with Gasteiger partial charge in [-0.1, -0.05) is 18.7 Å². The molecule has 0 amide bonds. The Morgan fingerprint density at radius 3 is 2.86 bits per heavy atom. The first-order chi connectivity index (χ1) is 10.2. The fraction of sp³-hybridized carbons (Fsp3) is 0.357. The predicted molar refractivity (Wildman–Crippen MR) is 80.5 cm³/mol. The molecule has 21 heavy (non-hydrogen) atoms. The SMILES string of the molecule is CCCn1c(SCCOc2ccc(C#N)cc2)n[nH]c1=O. The molecule has 0 aliphatic rings. The molecule has 1 heterocycles. The van der Waals surface area contributed by atoms with Crippen LogP contribution in [0.15, 0.2) is 34.2 Å². The van der Waals surface area contributed by atoms with Gasteiger partial charge in [0.05, 0.1) is 18.2 Å². The highest BCUT2D eigenvalue weighted by atomic mass is 32.2. The largest absolute Gasteiger partial charge is 0.493 e. The molecule has 0 saturated heterocycles. The summed E-state index contributed by atoms with van der Waals surface area (Å²) in [5, 5.41) is 15.9. The Hall–Kier alpha value is -2.20. The van der Waals surface area contributed by atoms with Crippen molar-refractivity contribution in [2.24, 2.45) is 0 Å². The second-order valence-corrected chi connectivity index (χ2v) is 5.36. The van der Waals surface area contributed by atoms with Crippen molar-refractivity contribution in [3.63, 3.8) is 0 Å². The van der Waals surface area contributed by atoms with E-state index in [4.69, 9.17) is 10.00 Å². The van der Waals surface area contributed by atoms with Gasteiger partial charge in [-0.2, -0.15) is 5.26 Å². The van der Waals surface area contributed by atoms with Crippen molar-refractivity contribution in [1.29, 1.82) is 5.26 Å². The normalized spacial score (nSPS) is 10.3. The Morgan fingerprint density at radius 2 is 2.19 bits per heavy atom. The Kier molecular flexibility index (Phi) is 5.46. The van der Waals surface area contributed by atoms with E-state index in [1.165, 1.54) is 11.8 Å². The number of nitriles is 1. The molecule has 110 valence electrons. The molecule has 1 aromatic heterocycles. The lowest BCUT2D eigenvalue weighted by atomic mass is 10.2. The van der Waals surface area contributed by atoms with Gasteiger partial charge in [-0.15, -0.1) is 5.10 Å². The highest BCUT2D eigenvalue weighted by molar-refractivity contribution is 7.99. The van der Waals surface area contributed by atoms with Crippen molar-refractivity contribution >= 4 is 11.8 Å². The number of hydrogen-bond acceptors (Lipinski definition) is 5. The molecule has 2 aromatic rings. The minimum absolute atomic E-state index is 0.174. The summed E-state index contributed by atoms with van der Waals surface area (Å²) in [6, 6.07) is 9.03. The molecular formula is C14H16N4O2S. The van der Waals surface area contributed by atoms with E-state index in [1.54, 1.807) is 28.8 Å². The van der Waals surface area contributed by atoms with Gasteiger partial charge >= 0.3 is 5.69 Å². The van der Waals surface area contributed by atoms with Crippen LogP contribution in [0.5, 0.6) is 5.75 Å². The number of ether oxygens (including phenoxy) is 1. The van der Waals surface area contributed by atoms with Gasteiger partial charge < -0.3 is 4.74 Å². The fourth-order valence-electron chi connectivity index (χ4n) is 1.75. The molecule has 0 atom stereocenters. The standard InChI is InChI=1S/C14H16N4O2S/c1-2-7-18-13(19)16-17-14(18)21-9-8-20-12-5-3-11(10-15)4-6-12/h3-6H,2,7-9H2,1H3,(H,16,19). The summed E-state index contributed by atoms with van der Waals surface area (Å²) in [5.41, 5.74) is 0.434. The van der Waals surface area contributed by atoms with E-state index in [2.05, 4.69) is 16.3 Å². The number of benzene rings is 1. The van der Waals surface area contributed by atoms with Crippen LogP contribution in [-0.4, -0.2) is 27.1 Å². The van der Waals surface area contributed by atoms with Crippen LogP contribution in [0.2, 0.25) is 0 Å². The van der Waals surface area contributed by atoms with E-state index >= 15 is 0 Å². The van der Waals surface area contributed by atoms with E-state index in [1.807, 2.05) is 6.92 Å². The minimum atomic E-state index is -0.174. The summed E-state index contributed by atoms with van der Waals surface area (Å²) in [6.45, 7) is 3.18. The number of nitrogens with one attached hydrogen (secondary N) is 1. The van der Waals surface area contributed by atoms with Crippen LogP contribution >= 0.6 is 11.8 Å². The molecule has 1 N–H and O–H groups in total. The average Bonchev–Trinajstić information content (AvgIpc) is 2.86. The van der Waals surface area contributed by atoms with Crippen molar-refractivity contribution < 1.29 is 4.74 Å². The van der Waals surface area contributed by atoms with Gasteiger partial charge in [0.2, 0.25) is 0 Å². The fourth-order valence-corrected chi connectivity index (χ4v) is 2.54. The number of hydrogen-bond donors (Lipinski definition) is 1. The van der Waals surface area contributed by atoms with Gasteiger partial charge in [0.15, 0.2) is 5.16 Å². The highest BCUT2D eigenvalue weighted by Gasteiger charge is 2.07. The molecule has 7 heteroatoms. The van der Waals surface area contributed by atoms with E-state index in [9.17, 15) is 4.79 Å². The topological polar surface area (TPSA) is 83.7 Å². The van der Waals surface area contributed by atoms with Gasteiger partial charge in [-0.3, -0.25) is 4.57 Å². The first-order valence-corrected chi connectivity index (χ1v) is 7.64. The van der Waals surface area contributed by atoms with Gasteiger partial charge in [0.1, 0.15) is 5.75 Å². The average molecular weight is 304 g/mol. The Labute approximate surface area is 126 Å². The van der Waals surface area contributed by atoms with Gasteiger partial charge in [0.25, 0.3) is 0 Å². The van der Waals surface area contributed by atoms with Crippen molar-refractivity contribution in [3.8, 4) is 11.8 Å². The molecule has 6 nitrogen and oxygen atoms in total. The third-order valence-corrected chi connectivity index (χ3v) is 3.68. The maximum atomic E-state index is 11.5. The summed E-state index contributed by atoms with van der Waals surface area (Å²) < 4.78 is 7.21. The lowest BCUT2D eigenvalue weighted by Crippen LogP contribution is -2.17. The van der Waals surface area contributed by atoms with Crippen molar-refractivity contribution in [3.05, 3.63) is 40.3 Å². The first-order valence-electron chi connectivity index (χ1n) is 6.65. The lowest BCUT2D eigenvalue weighted by molar-refractivity contribution is 0.343. The van der Waals surface area contributed by atoms with E-state index in [0.717, 1.165) is 12.2 Å². The van der Waals surface area contributed by atoms with Crippen molar-refractivity contribution in [2.75, 3.05) is 12.4 Å². The van der Waals surface area contributed by atoms with Crippen LogP contribution in [0.3, 0.4) is 0 Å². The highest BCUT2D eigenvalue weighted by Crippen LogP contribution is 2.15. The second-order valence-electron chi connectivity index (χ2n) is 4.30. The molecule has 0 radical (unpaired) electrons. The molecule has 2 rings (SSSR count). The Morgan fingerprint density at radius 1 is 1.43 bits per heavy atom. The third kappa shape index (κ3) is 4.13. The first kappa shape index (κ1) is 15.2. The molecule has 0 bridgehead atoms. The number of nitrogens with zero attached hydrogens (tertiary/aromatic N) is 3. The third-order valence-electron chi connectivity index (χ3n) is 2.74. The summed E-state index contributed by atoms with van der Waals surface area (Å²) in [6.07, 6.45) is 0.884. The zero-order valence-corrected chi connectivity index (χ0v) is 12.5. The minimum Gasteiger partial charge on any atom is -0.493 e. The number of rotatable bonds is 7. The summed E-state index contributed by atoms with van der Waals surface area (Å²) in [7, 11) is 0. The van der Waals surface area contributed by atoms with Crippen molar-refractivity contribution in [2.45, 2.75) is 25.0 Å². The molecule has 0 spiro atoms. The number of H-pyrrole nitrogens is 1. The second kappa shape index (κ2) is 7.55. The zero-order valence-electron chi connectivity index (χ0n) is 11.7. The molecule has 1 aromatic carbocycles. The quantitative estimate of drug-likeness (QED) is 0.625. The van der Waals surface area contributed by atoms with Crippen LogP contribution in [0.25, 0.3) is 0 Å². The number of thioether (sulfide) groups is 1. The van der Waals surface area contributed by atoms with Crippen LogP contribution < -0.4 is 10.4 Å². The molecular weight excluding hydrogens is 288 g/mol. The van der Waals surface area contributed by atoms with E-state index in [-0.39, 0.29) is 5.69 Å². The summed E-state index contributed by atoms with van der Waals surface area (Å²) in [5.74, 6) is 1.41. The van der Waals surface area contributed by atoms with Crippen LogP contribution in [0.1, 0.15) is 18.9 Å². The molecule has 0 aliphatic heterocycles. The van der Waals surface area contributed by atoms with Crippen LogP contribution in [0.4, 0.5) is 0 Å². The van der Waals surface area contributed by atoms with Gasteiger partial charge in [0, 0.05) is 12.3 Å². The van der Waals surface area contributed by atoms with Crippen molar-refractivity contribution in [1.82, 2.24) is 14.8 Å². The smallest absolute Gasteiger partial charge is 0.343 e. The lowest BCUT2D eigenvalue weighted by Gasteiger charge is -2.06. The number of aromatic amines is 1. The zero-order chi connectivity index (χ0) is 15.1. The van der Waals surface area contributed by atoms with Gasteiger partial charge in [-0.25, -0.2) is 9.89 Å². The molecule has 0 saturated carbocycles. The van der Waals surface area contributed by atoms with Gasteiger partial charge in [-0.05, 0) is 30.7 Å². The summed E-state index contributed by atoms with van der Waals surface area (Å²) >= 11 is 1.48. The molecule has 0 unspecified atom stereocenters. The maximum Gasteiger partial charge on any atom is 0.343 e. The monoisotopic (exact) mass is 304 g/mol. The number of aromatic nitrogens is 3. The summed E-state index contributed by atoms with van der Waals surface area (Å²) in [4.78, 5) is 11.5. The molecule has 0 fully saturated rings. The predicted octanol–water partition coefficient (Wildman–Crippen LogP) is 2.02. The molecule has 0 aliphatic carbocycles. The van der Waals surface area contributed by atoms with E-state index in [0.29, 0.717) is 29.6 Å². The Bertz CT molecular complexity index is 670.